The highest BCUT2D eigenvalue weighted by molar-refractivity contribution is 5.79. The number of ketones is 1. The molecular weight excluding hydrogens is 240 g/mol. The Morgan fingerprint density at radius 1 is 1.11 bits per heavy atom. The van der Waals surface area contributed by atoms with Gasteiger partial charge >= 0.3 is 0 Å². The molecule has 0 N–H and O–H groups in total. The van der Waals surface area contributed by atoms with E-state index in [2.05, 4.69) is 19.1 Å². The molecule has 1 aliphatic heterocycles. The number of benzene rings is 1. The summed E-state index contributed by atoms with van der Waals surface area (Å²) in [5.74, 6) is 2.80. The first-order valence-corrected chi connectivity index (χ1v) is 7.13. The standard InChI is InChI=1S/C16H20O3/c1-11-8-15-16(19-7-6-18-15)10-13(11)9-12-2-4-14(17)5-3-12/h8,10,12H,2-7,9H2,1H3. The number of fused-ring (bicyclic) bond motifs is 1. The third-order valence-electron chi connectivity index (χ3n) is 4.17. The molecule has 0 unspecified atom stereocenters. The first kappa shape index (κ1) is 12.5. The van der Waals surface area contributed by atoms with Gasteiger partial charge in [0.05, 0.1) is 0 Å². The quantitative estimate of drug-likeness (QED) is 0.819. The Kier molecular flexibility index (Phi) is 3.45. The molecule has 0 spiro atoms. The van der Waals surface area contributed by atoms with E-state index in [-0.39, 0.29) is 0 Å². The van der Waals surface area contributed by atoms with Crippen LogP contribution in [0, 0.1) is 12.8 Å². The molecule has 0 saturated heterocycles. The molecule has 2 aliphatic rings. The van der Waals surface area contributed by atoms with Crippen LogP contribution < -0.4 is 9.47 Å². The van der Waals surface area contributed by atoms with E-state index in [1.165, 1.54) is 11.1 Å². The number of carbonyl (C=O) groups excluding carboxylic acids is 1. The maximum atomic E-state index is 11.3. The van der Waals surface area contributed by atoms with Crippen LogP contribution in [0.1, 0.15) is 36.8 Å². The molecule has 0 amide bonds. The van der Waals surface area contributed by atoms with E-state index >= 15 is 0 Å². The molecule has 102 valence electrons. The highest BCUT2D eigenvalue weighted by Crippen LogP contribution is 2.35. The van der Waals surface area contributed by atoms with E-state index in [0.717, 1.165) is 43.6 Å². The van der Waals surface area contributed by atoms with Crippen molar-refractivity contribution in [3.63, 3.8) is 0 Å². The average Bonchev–Trinajstić information content (AvgIpc) is 2.42. The number of Topliss-reactive ketones (excluding diaryl/α,β-unsaturated/α-hetero) is 1. The predicted octanol–water partition coefficient (Wildman–Crippen LogP) is 3.07. The Labute approximate surface area is 113 Å². The molecule has 0 radical (unpaired) electrons. The fourth-order valence-corrected chi connectivity index (χ4v) is 2.97. The van der Waals surface area contributed by atoms with E-state index in [4.69, 9.17) is 9.47 Å². The van der Waals surface area contributed by atoms with Crippen LogP contribution in [-0.4, -0.2) is 19.0 Å². The minimum Gasteiger partial charge on any atom is -0.486 e. The zero-order valence-electron chi connectivity index (χ0n) is 11.4. The lowest BCUT2D eigenvalue weighted by molar-refractivity contribution is -0.121. The highest BCUT2D eigenvalue weighted by atomic mass is 16.6. The van der Waals surface area contributed by atoms with Crippen molar-refractivity contribution in [3.05, 3.63) is 23.3 Å². The second-order valence-electron chi connectivity index (χ2n) is 5.61. The van der Waals surface area contributed by atoms with Crippen molar-refractivity contribution in [1.29, 1.82) is 0 Å². The molecule has 1 aromatic carbocycles. The smallest absolute Gasteiger partial charge is 0.161 e. The molecule has 3 rings (SSSR count). The number of hydrogen-bond donors (Lipinski definition) is 0. The predicted molar refractivity (Wildman–Crippen MR) is 72.8 cm³/mol. The van der Waals surface area contributed by atoms with Gasteiger partial charge in [0.1, 0.15) is 19.0 Å². The zero-order valence-corrected chi connectivity index (χ0v) is 11.4. The van der Waals surface area contributed by atoms with Gasteiger partial charge in [0.15, 0.2) is 11.5 Å². The molecule has 3 nitrogen and oxygen atoms in total. The Hall–Kier alpha value is -1.51. The van der Waals surface area contributed by atoms with E-state index in [1.807, 2.05) is 0 Å². The Balaban J connectivity index is 1.75. The minimum absolute atomic E-state index is 0.426. The van der Waals surface area contributed by atoms with Crippen LogP contribution in [-0.2, 0) is 11.2 Å². The van der Waals surface area contributed by atoms with Gasteiger partial charge in [-0.25, -0.2) is 0 Å². The molecule has 3 heteroatoms. The van der Waals surface area contributed by atoms with Crippen molar-refractivity contribution in [2.75, 3.05) is 13.2 Å². The SMILES string of the molecule is Cc1cc2c(cc1CC1CCC(=O)CC1)OCCO2. The third kappa shape index (κ3) is 2.75. The van der Waals surface area contributed by atoms with Gasteiger partial charge in [0.2, 0.25) is 0 Å². The molecule has 0 aromatic heterocycles. The van der Waals surface area contributed by atoms with Gasteiger partial charge in [-0.3, -0.25) is 4.79 Å². The Bertz CT molecular complexity index is 483. The van der Waals surface area contributed by atoms with Crippen LogP contribution in [0.5, 0.6) is 11.5 Å². The lowest BCUT2D eigenvalue weighted by Crippen LogP contribution is -2.18. The summed E-state index contributed by atoms with van der Waals surface area (Å²) in [5.41, 5.74) is 2.60. The molecule has 0 bridgehead atoms. The van der Waals surface area contributed by atoms with Crippen LogP contribution >= 0.6 is 0 Å². The van der Waals surface area contributed by atoms with Gasteiger partial charge in [0.25, 0.3) is 0 Å². The lowest BCUT2D eigenvalue weighted by Gasteiger charge is -2.24. The van der Waals surface area contributed by atoms with Crippen molar-refractivity contribution < 1.29 is 14.3 Å². The largest absolute Gasteiger partial charge is 0.486 e. The van der Waals surface area contributed by atoms with Gasteiger partial charge in [0, 0.05) is 12.8 Å². The van der Waals surface area contributed by atoms with Gasteiger partial charge in [-0.05, 0) is 55.4 Å². The molecule has 1 heterocycles. The lowest BCUT2D eigenvalue weighted by atomic mass is 9.83. The number of ether oxygens (including phenoxy) is 2. The highest BCUT2D eigenvalue weighted by Gasteiger charge is 2.21. The van der Waals surface area contributed by atoms with Crippen molar-refractivity contribution in [1.82, 2.24) is 0 Å². The van der Waals surface area contributed by atoms with Gasteiger partial charge in [-0.1, -0.05) is 0 Å². The van der Waals surface area contributed by atoms with Crippen molar-refractivity contribution in [2.24, 2.45) is 5.92 Å². The van der Waals surface area contributed by atoms with Crippen molar-refractivity contribution in [2.45, 2.75) is 39.0 Å². The number of carbonyl (C=O) groups is 1. The summed E-state index contributed by atoms with van der Waals surface area (Å²) in [5, 5.41) is 0. The zero-order chi connectivity index (χ0) is 13.2. The summed E-state index contributed by atoms with van der Waals surface area (Å²) in [4.78, 5) is 11.3. The maximum absolute atomic E-state index is 11.3. The van der Waals surface area contributed by atoms with E-state index in [1.54, 1.807) is 0 Å². The third-order valence-corrected chi connectivity index (χ3v) is 4.17. The molecule has 1 fully saturated rings. The number of hydrogen-bond acceptors (Lipinski definition) is 3. The molecule has 1 aromatic rings. The molecule has 1 saturated carbocycles. The van der Waals surface area contributed by atoms with Crippen molar-refractivity contribution >= 4 is 5.78 Å². The van der Waals surface area contributed by atoms with E-state index < -0.39 is 0 Å². The number of rotatable bonds is 2. The Morgan fingerprint density at radius 3 is 2.42 bits per heavy atom. The summed E-state index contributed by atoms with van der Waals surface area (Å²) in [6.45, 7) is 3.39. The molecular formula is C16H20O3. The summed E-state index contributed by atoms with van der Waals surface area (Å²) in [6.07, 6.45) is 4.64. The monoisotopic (exact) mass is 260 g/mol. The van der Waals surface area contributed by atoms with E-state index in [9.17, 15) is 4.79 Å². The first-order chi connectivity index (χ1) is 9.22. The first-order valence-electron chi connectivity index (χ1n) is 7.13. The maximum Gasteiger partial charge on any atom is 0.161 e. The van der Waals surface area contributed by atoms with Gasteiger partial charge in [-0.15, -0.1) is 0 Å². The van der Waals surface area contributed by atoms with Crippen LogP contribution in [0.15, 0.2) is 12.1 Å². The summed E-state index contributed by atoms with van der Waals surface area (Å²) in [7, 11) is 0. The summed E-state index contributed by atoms with van der Waals surface area (Å²) in [6, 6.07) is 4.21. The summed E-state index contributed by atoms with van der Waals surface area (Å²) >= 11 is 0. The topological polar surface area (TPSA) is 35.5 Å². The van der Waals surface area contributed by atoms with Gasteiger partial charge < -0.3 is 9.47 Å². The fourth-order valence-electron chi connectivity index (χ4n) is 2.97. The second kappa shape index (κ2) is 5.24. The normalized spacial score (nSPS) is 19.5. The molecule has 0 atom stereocenters. The van der Waals surface area contributed by atoms with Crippen molar-refractivity contribution in [3.8, 4) is 11.5 Å². The minimum atomic E-state index is 0.426. The average molecular weight is 260 g/mol. The van der Waals surface area contributed by atoms with Crippen LogP contribution in [0.3, 0.4) is 0 Å². The second-order valence-corrected chi connectivity index (χ2v) is 5.61. The van der Waals surface area contributed by atoms with Gasteiger partial charge in [-0.2, -0.15) is 0 Å². The van der Waals surface area contributed by atoms with Crippen LogP contribution in [0.4, 0.5) is 0 Å². The van der Waals surface area contributed by atoms with Crippen LogP contribution in [0.25, 0.3) is 0 Å². The fraction of sp³-hybridized carbons (Fsp3) is 0.562. The number of aryl methyl sites for hydroxylation is 1. The Morgan fingerprint density at radius 2 is 1.74 bits per heavy atom. The van der Waals surface area contributed by atoms with E-state index in [0.29, 0.717) is 24.9 Å². The van der Waals surface area contributed by atoms with Crippen LogP contribution in [0.2, 0.25) is 0 Å². The molecule has 1 aliphatic carbocycles. The summed E-state index contributed by atoms with van der Waals surface area (Å²) < 4.78 is 11.2. The molecule has 19 heavy (non-hydrogen) atoms.